The van der Waals surface area contributed by atoms with Crippen LogP contribution in [0.4, 0.5) is 5.82 Å². The molecule has 23 heteroatoms. The Bertz CT molecular complexity index is 1120. The van der Waals surface area contributed by atoms with Crippen molar-refractivity contribution in [3.8, 4) is 0 Å². The number of aliphatic hydroxyl groups excluding tert-OH is 2. The largest absolute Gasteiger partial charge is 1.00 e. The molecule has 2 aromatic heterocycles. The summed E-state index contributed by atoms with van der Waals surface area (Å²) in [5.74, 6) is 0.0485. The number of nitrogens with two attached hydrogens (primary N) is 1. The number of phosphoric acid groups is 1. The number of phosphoric ester groups is 1. The number of fused-ring (bicyclic) bond motifs is 1. The van der Waals surface area contributed by atoms with Crippen LogP contribution in [0.5, 0.6) is 0 Å². The third kappa shape index (κ3) is 8.92. The Labute approximate surface area is 212 Å². The number of ether oxygens (including phenoxy) is 1. The molecule has 200 valence electrons. The number of anilines is 1. The molecule has 6 atom stereocenters. The van der Waals surface area contributed by atoms with E-state index in [-0.39, 0.29) is 57.6 Å². The molecule has 0 spiro atoms. The van der Waals surface area contributed by atoms with Crippen molar-refractivity contribution in [3.63, 3.8) is 0 Å². The summed E-state index contributed by atoms with van der Waals surface area (Å²) in [4.78, 5) is 48.5. The van der Waals surface area contributed by atoms with Gasteiger partial charge in [0.25, 0.3) is 0 Å². The van der Waals surface area contributed by atoms with E-state index in [1.54, 1.807) is 0 Å². The van der Waals surface area contributed by atoms with Crippen LogP contribution in [-0.2, 0) is 27.3 Å². The van der Waals surface area contributed by atoms with Gasteiger partial charge in [-0.1, -0.05) is 14.9 Å². The Morgan fingerprint density at radius 1 is 1.11 bits per heavy atom. The van der Waals surface area contributed by atoms with Crippen molar-refractivity contribution in [2.45, 2.75) is 39.4 Å². The standard InChI is InChI=1S/C10H17N6O12P3.2CH4.Li.H2O.H/c11-8-5-9(13-2-12-8)16(3-14-5)10-7(18)6(17)4(27-10)1-26-31(24,25)28-30(22,23)15-29(19,20)21;;;;;/h2-4,6-7,10,17-18H,1H2,(H,24,25)(H2,11,12,13)(H4,15,19,20,21,22,23);2*1H4;;1H2;/q;;;+1;;-1/t4-,6?,7+,10-;;;;;/m1...../s1. The molecule has 3 rings (SSSR count). The summed E-state index contributed by atoms with van der Waals surface area (Å²) in [6.07, 6.45) is -3.62. The van der Waals surface area contributed by atoms with E-state index in [2.05, 4.69) is 23.8 Å². The van der Waals surface area contributed by atoms with E-state index in [1.807, 2.05) is 0 Å². The summed E-state index contributed by atoms with van der Waals surface area (Å²) < 4.78 is 48.9. The molecule has 35 heavy (non-hydrogen) atoms. The van der Waals surface area contributed by atoms with E-state index in [4.69, 9.17) is 20.3 Å². The zero-order valence-corrected chi connectivity index (χ0v) is 19.2. The molecular weight excluding hydrogens is 536 g/mol. The second kappa shape index (κ2) is 13.1. The second-order valence-corrected chi connectivity index (χ2v) is 10.9. The van der Waals surface area contributed by atoms with Crippen LogP contribution < -0.4 is 29.5 Å². The number of nitrogens with zero attached hydrogens (tertiary/aromatic N) is 4. The first-order valence-electron chi connectivity index (χ1n) is 8.00. The number of aromatic nitrogens is 4. The maximum atomic E-state index is 11.8. The van der Waals surface area contributed by atoms with E-state index in [0.717, 1.165) is 11.2 Å². The van der Waals surface area contributed by atoms with Gasteiger partial charge in [0.1, 0.15) is 30.2 Å². The quantitative estimate of drug-likeness (QED) is 0.111. The number of nitrogens with one attached hydrogen (secondary N) is 1. The van der Waals surface area contributed by atoms with E-state index in [0.29, 0.717) is 0 Å². The van der Waals surface area contributed by atoms with Crippen molar-refractivity contribution in [2.75, 3.05) is 12.3 Å². The molecular formula is C12H28LiN6O13P3. The number of rotatable bonds is 8. The minimum Gasteiger partial charge on any atom is -1.00 e. The fourth-order valence-electron chi connectivity index (χ4n) is 2.67. The van der Waals surface area contributed by atoms with Gasteiger partial charge >= 0.3 is 42.2 Å². The maximum Gasteiger partial charge on any atom is 1.00 e. The van der Waals surface area contributed by atoms with E-state index in [1.165, 1.54) is 10.9 Å². The molecule has 1 aliphatic rings. The summed E-state index contributed by atoms with van der Waals surface area (Å²) in [5.41, 5.74) is 6.02. The van der Waals surface area contributed by atoms with Gasteiger partial charge in [0, 0.05) is 0 Å². The van der Waals surface area contributed by atoms with Crippen molar-refractivity contribution in [1.82, 2.24) is 24.4 Å². The molecule has 0 aromatic carbocycles. The molecule has 1 aliphatic heterocycles. The van der Waals surface area contributed by atoms with Gasteiger partial charge in [0.2, 0.25) is 0 Å². The average Bonchev–Trinajstić information content (AvgIpc) is 3.13. The number of aliphatic hydroxyl groups is 2. The van der Waals surface area contributed by atoms with Gasteiger partial charge in [-0.3, -0.25) is 9.09 Å². The van der Waals surface area contributed by atoms with Gasteiger partial charge < -0.3 is 47.2 Å². The maximum absolute atomic E-state index is 11.8. The molecule has 1 fully saturated rings. The van der Waals surface area contributed by atoms with Crippen LogP contribution in [0.2, 0.25) is 0 Å². The fraction of sp³-hybridized carbons (Fsp3) is 0.583. The van der Waals surface area contributed by atoms with Crippen LogP contribution >= 0.6 is 23.3 Å². The van der Waals surface area contributed by atoms with Crippen LogP contribution in [0, 0.1) is 0 Å². The summed E-state index contributed by atoms with van der Waals surface area (Å²) in [6.45, 7) is -0.928. The molecule has 11 N–H and O–H groups in total. The van der Waals surface area contributed by atoms with Crippen molar-refractivity contribution in [3.05, 3.63) is 12.7 Å². The molecule has 3 heterocycles. The molecule has 3 unspecified atom stereocenters. The second-order valence-electron chi connectivity index (χ2n) is 6.14. The molecule has 1 saturated heterocycles. The SMILES string of the molecule is C.C.Nc1ncnc2c1ncn2[C@@H]1O[C@H](COP(=O)(O)OP(=O)(O)NP(=O)(O)O)C(O)[C@@H]1O.O.[H-].[Li+]. The van der Waals surface area contributed by atoms with E-state index in [9.17, 15) is 33.7 Å². The van der Waals surface area contributed by atoms with Crippen LogP contribution in [0.25, 0.3) is 11.2 Å². The molecule has 0 radical (unpaired) electrons. The Morgan fingerprint density at radius 3 is 2.29 bits per heavy atom. The van der Waals surface area contributed by atoms with Gasteiger partial charge in [-0.2, -0.15) is 4.31 Å². The van der Waals surface area contributed by atoms with Gasteiger partial charge in [-0.05, 0) is 0 Å². The van der Waals surface area contributed by atoms with Crippen molar-refractivity contribution in [1.29, 1.82) is 0 Å². The van der Waals surface area contributed by atoms with Crippen molar-refractivity contribution < 1.29 is 82.8 Å². The Morgan fingerprint density at radius 2 is 1.71 bits per heavy atom. The van der Waals surface area contributed by atoms with Crippen molar-refractivity contribution >= 4 is 40.3 Å². The topological polar surface area (TPSA) is 313 Å². The Kier molecular flexibility index (Phi) is 13.6. The minimum atomic E-state index is -5.45. The van der Waals surface area contributed by atoms with Crippen LogP contribution in [0.15, 0.2) is 12.7 Å². The number of hydrogen-bond acceptors (Lipinski definition) is 12. The molecule has 19 nitrogen and oxygen atoms in total. The normalized spacial score (nSPS) is 25.2. The zero-order valence-electron chi connectivity index (χ0n) is 17.5. The monoisotopic (exact) mass is 564 g/mol. The Hall–Kier alpha value is -0.803. The predicted octanol–water partition coefficient (Wildman–Crippen LogP) is -4.49. The van der Waals surface area contributed by atoms with Crippen molar-refractivity contribution in [2.24, 2.45) is 0 Å². The van der Waals surface area contributed by atoms with Crippen LogP contribution in [-0.4, -0.2) is 79.7 Å². The third-order valence-corrected chi connectivity index (χ3v) is 8.11. The minimum absolute atomic E-state index is 0. The number of imidazole rings is 1. The fourth-order valence-corrected chi connectivity index (χ4v) is 6.10. The summed E-state index contributed by atoms with van der Waals surface area (Å²) in [5, 5.41) is 20.4. The molecule has 0 bridgehead atoms. The van der Waals surface area contributed by atoms with Gasteiger partial charge in [0.15, 0.2) is 17.7 Å². The first-order valence-corrected chi connectivity index (χ1v) is 12.7. The first-order chi connectivity index (χ1) is 14.2. The van der Waals surface area contributed by atoms with E-state index >= 15 is 0 Å². The van der Waals surface area contributed by atoms with Gasteiger partial charge in [-0.15, -0.1) is 4.86 Å². The molecule has 0 aliphatic carbocycles. The predicted molar refractivity (Wildman–Crippen MR) is 116 cm³/mol. The average molecular weight is 564 g/mol. The summed E-state index contributed by atoms with van der Waals surface area (Å²) in [7, 11) is -16.1. The number of nitrogen functional groups attached to an aromatic ring is 1. The summed E-state index contributed by atoms with van der Waals surface area (Å²) in [6, 6.07) is 0. The zero-order chi connectivity index (χ0) is 23.2. The van der Waals surface area contributed by atoms with Crippen LogP contribution in [0.1, 0.15) is 22.5 Å². The van der Waals surface area contributed by atoms with Gasteiger partial charge in [-0.25, -0.2) is 28.6 Å². The molecule has 2 aromatic rings. The summed E-state index contributed by atoms with van der Waals surface area (Å²) >= 11 is 0. The third-order valence-electron chi connectivity index (χ3n) is 3.87. The molecule has 0 amide bonds. The van der Waals surface area contributed by atoms with Crippen LogP contribution in [0.3, 0.4) is 0 Å². The first kappa shape index (κ1) is 36.4. The van der Waals surface area contributed by atoms with E-state index < -0.39 is 54.5 Å². The molecule has 0 saturated carbocycles. The Balaban J connectivity index is -0.00000218. The number of hydrogen-bond donors (Lipinski definition) is 8. The smallest absolute Gasteiger partial charge is 1.00 e. The van der Waals surface area contributed by atoms with Gasteiger partial charge in [0.05, 0.1) is 12.9 Å².